The van der Waals surface area contributed by atoms with E-state index in [2.05, 4.69) is 74.1 Å². The molecule has 90 valence electrons. The van der Waals surface area contributed by atoms with E-state index in [1.54, 1.807) is 0 Å². The minimum absolute atomic E-state index is 0.251. The molecule has 2 aromatic rings. The van der Waals surface area contributed by atoms with Gasteiger partial charge in [0, 0.05) is 32.5 Å². The smallest absolute Gasteiger partial charge is 0.0542 e. The molecule has 1 N–H and O–H groups in total. The SMILES string of the molecule is CC(Nc1ccc(Br)c(I)c1)c1cnn(C)c1. The van der Waals surface area contributed by atoms with Crippen LogP contribution in [0, 0.1) is 3.57 Å². The van der Waals surface area contributed by atoms with E-state index in [1.165, 1.54) is 9.13 Å². The van der Waals surface area contributed by atoms with Gasteiger partial charge in [-0.15, -0.1) is 0 Å². The number of hydrogen-bond acceptors (Lipinski definition) is 2. The summed E-state index contributed by atoms with van der Waals surface area (Å²) in [7, 11) is 1.93. The van der Waals surface area contributed by atoms with E-state index in [4.69, 9.17) is 0 Å². The van der Waals surface area contributed by atoms with Crippen molar-refractivity contribution in [2.24, 2.45) is 7.05 Å². The molecule has 3 nitrogen and oxygen atoms in total. The minimum Gasteiger partial charge on any atom is -0.378 e. The third-order valence-electron chi connectivity index (χ3n) is 2.53. The van der Waals surface area contributed by atoms with Crippen LogP contribution in [-0.4, -0.2) is 9.78 Å². The van der Waals surface area contributed by atoms with Crippen molar-refractivity contribution in [3.05, 3.63) is 44.2 Å². The van der Waals surface area contributed by atoms with Gasteiger partial charge < -0.3 is 5.32 Å². The van der Waals surface area contributed by atoms with Gasteiger partial charge >= 0.3 is 0 Å². The van der Waals surface area contributed by atoms with E-state index >= 15 is 0 Å². The molecule has 0 aliphatic heterocycles. The van der Waals surface area contributed by atoms with Crippen molar-refractivity contribution in [1.29, 1.82) is 0 Å². The molecule has 0 radical (unpaired) electrons. The van der Waals surface area contributed by atoms with E-state index in [1.807, 2.05) is 24.1 Å². The number of halogens is 2. The summed E-state index contributed by atoms with van der Waals surface area (Å²) in [5, 5.41) is 7.64. The van der Waals surface area contributed by atoms with Crippen molar-refractivity contribution in [3.8, 4) is 0 Å². The summed E-state index contributed by atoms with van der Waals surface area (Å²) in [5.41, 5.74) is 2.30. The number of hydrogen-bond donors (Lipinski definition) is 1. The van der Waals surface area contributed by atoms with Crippen LogP contribution in [0.15, 0.2) is 35.1 Å². The molecule has 0 bridgehead atoms. The zero-order valence-corrected chi connectivity index (χ0v) is 13.4. The number of benzene rings is 1. The van der Waals surface area contributed by atoms with Gasteiger partial charge in [-0.05, 0) is 63.6 Å². The van der Waals surface area contributed by atoms with Crippen molar-refractivity contribution in [2.75, 3.05) is 5.32 Å². The van der Waals surface area contributed by atoms with Crippen molar-refractivity contribution in [3.63, 3.8) is 0 Å². The average molecular weight is 406 g/mol. The molecule has 0 spiro atoms. The lowest BCUT2D eigenvalue weighted by atomic mass is 10.2. The zero-order valence-electron chi connectivity index (χ0n) is 9.61. The largest absolute Gasteiger partial charge is 0.378 e. The predicted molar refractivity (Wildman–Crippen MR) is 82.1 cm³/mol. The molecule has 1 aromatic heterocycles. The Morgan fingerprint density at radius 3 is 2.82 bits per heavy atom. The number of aromatic nitrogens is 2. The molecule has 1 unspecified atom stereocenters. The summed E-state index contributed by atoms with van der Waals surface area (Å²) in [4.78, 5) is 0. The first-order valence-electron chi connectivity index (χ1n) is 5.26. The fraction of sp³-hybridized carbons (Fsp3) is 0.250. The number of aryl methyl sites for hydroxylation is 1. The van der Waals surface area contributed by atoms with Crippen molar-refractivity contribution in [2.45, 2.75) is 13.0 Å². The highest BCUT2D eigenvalue weighted by atomic mass is 127. The molecule has 0 aliphatic rings. The lowest BCUT2D eigenvalue weighted by Gasteiger charge is -2.14. The summed E-state index contributed by atoms with van der Waals surface area (Å²) in [6, 6.07) is 6.50. The van der Waals surface area contributed by atoms with Gasteiger partial charge in [-0.1, -0.05) is 0 Å². The first-order valence-corrected chi connectivity index (χ1v) is 7.13. The third-order valence-corrected chi connectivity index (χ3v) is 4.85. The Balaban J connectivity index is 2.12. The average Bonchev–Trinajstić information content (AvgIpc) is 2.70. The fourth-order valence-corrected chi connectivity index (χ4v) is 2.34. The van der Waals surface area contributed by atoms with Gasteiger partial charge in [0.2, 0.25) is 0 Å². The van der Waals surface area contributed by atoms with Crippen LogP contribution >= 0.6 is 38.5 Å². The summed E-state index contributed by atoms with van der Waals surface area (Å²) in [6.45, 7) is 2.13. The van der Waals surface area contributed by atoms with E-state index in [0.717, 1.165) is 10.2 Å². The molecule has 0 saturated carbocycles. The van der Waals surface area contributed by atoms with Crippen molar-refractivity contribution >= 4 is 44.2 Å². The molecule has 0 aliphatic carbocycles. The lowest BCUT2D eigenvalue weighted by molar-refractivity contribution is 0.765. The summed E-state index contributed by atoms with van der Waals surface area (Å²) < 4.78 is 4.14. The Kier molecular flexibility index (Phi) is 4.09. The van der Waals surface area contributed by atoms with Crippen molar-refractivity contribution in [1.82, 2.24) is 9.78 Å². The van der Waals surface area contributed by atoms with E-state index < -0.39 is 0 Å². The molecule has 1 aromatic carbocycles. The second kappa shape index (κ2) is 5.39. The Bertz CT molecular complexity index is 524. The van der Waals surface area contributed by atoms with E-state index in [-0.39, 0.29) is 6.04 Å². The van der Waals surface area contributed by atoms with Gasteiger partial charge in [0.15, 0.2) is 0 Å². The van der Waals surface area contributed by atoms with Crippen LogP contribution in [0.3, 0.4) is 0 Å². The predicted octanol–water partition coefficient (Wildman–Crippen LogP) is 3.96. The molecule has 5 heteroatoms. The topological polar surface area (TPSA) is 29.9 Å². The molecule has 2 rings (SSSR count). The molecule has 17 heavy (non-hydrogen) atoms. The van der Waals surface area contributed by atoms with Gasteiger partial charge in [-0.2, -0.15) is 5.10 Å². The van der Waals surface area contributed by atoms with E-state index in [0.29, 0.717) is 0 Å². The highest BCUT2D eigenvalue weighted by molar-refractivity contribution is 14.1. The van der Waals surface area contributed by atoms with Crippen molar-refractivity contribution < 1.29 is 0 Å². The van der Waals surface area contributed by atoms with Crippen LogP contribution in [-0.2, 0) is 7.05 Å². The monoisotopic (exact) mass is 405 g/mol. The molecule has 0 amide bonds. The van der Waals surface area contributed by atoms with Gasteiger partial charge in [0.1, 0.15) is 0 Å². The Labute approximate surface area is 123 Å². The molecule has 1 atom stereocenters. The van der Waals surface area contributed by atoms with Crippen LogP contribution in [0.1, 0.15) is 18.5 Å². The standard InChI is InChI=1S/C12H13BrIN3/c1-8(9-6-15-17(2)7-9)16-10-3-4-11(13)12(14)5-10/h3-8,16H,1-2H3. The van der Waals surface area contributed by atoms with Gasteiger partial charge in [-0.3, -0.25) is 4.68 Å². The zero-order chi connectivity index (χ0) is 12.4. The maximum atomic E-state index is 4.18. The van der Waals surface area contributed by atoms with Gasteiger partial charge in [-0.25, -0.2) is 0 Å². The first-order chi connectivity index (χ1) is 8.06. The molecule has 1 heterocycles. The first kappa shape index (κ1) is 12.9. The summed E-state index contributed by atoms with van der Waals surface area (Å²) in [5.74, 6) is 0. The summed E-state index contributed by atoms with van der Waals surface area (Å²) in [6.07, 6.45) is 3.92. The van der Waals surface area contributed by atoms with E-state index in [9.17, 15) is 0 Å². The fourth-order valence-electron chi connectivity index (χ4n) is 1.58. The van der Waals surface area contributed by atoms with Gasteiger partial charge in [0.05, 0.1) is 12.2 Å². The maximum absolute atomic E-state index is 4.18. The van der Waals surface area contributed by atoms with Crippen LogP contribution in [0.5, 0.6) is 0 Å². The number of nitrogens with zero attached hydrogens (tertiary/aromatic N) is 2. The van der Waals surface area contributed by atoms with Crippen LogP contribution in [0.4, 0.5) is 5.69 Å². The van der Waals surface area contributed by atoms with Crippen LogP contribution < -0.4 is 5.32 Å². The second-order valence-corrected chi connectivity index (χ2v) is 5.96. The quantitative estimate of drug-likeness (QED) is 0.783. The Hall–Kier alpha value is -0.560. The third kappa shape index (κ3) is 3.22. The normalized spacial score (nSPS) is 12.5. The second-order valence-electron chi connectivity index (χ2n) is 3.94. The number of rotatable bonds is 3. The minimum atomic E-state index is 0.251. The van der Waals surface area contributed by atoms with Crippen LogP contribution in [0.25, 0.3) is 0 Å². The van der Waals surface area contributed by atoms with Crippen LogP contribution in [0.2, 0.25) is 0 Å². The number of nitrogens with one attached hydrogen (secondary N) is 1. The lowest BCUT2D eigenvalue weighted by Crippen LogP contribution is -2.05. The highest BCUT2D eigenvalue weighted by Gasteiger charge is 2.07. The molecule has 0 fully saturated rings. The maximum Gasteiger partial charge on any atom is 0.0542 e. The molecule has 0 saturated heterocycles. The van der Waals surface area contributed by atoms with Gasteiger partial charge in [0.25, 0.3) is 0 Å². The number of anilines is 1. The molecular formula is C12H13BrIN3. The molecular weight excluding hydrogens is 393 g/mol. The highest BCUT2D eigenvalue weighted by Crippen LogP contribution is 2.25. The Morgan fingerprint density at radius 1 is 1.47 bits per heavy atom. The summed E-state index contributed by atoms with van der Waals surface area (Å²) >= 11 is 5.81. The Morgan fingerprint density at radius 2 is 2.24 bits per heavy atom.